The summed E-state index contributed by atoms with van der Waals surface area (Å²) in [6, 6.07) is 0. The van der Waals surface area contributed by atoms with Gasteiger partial charge in [0.2, 0.25) is 9.84 Å². The Morgan fingerprint density at radius 2 is 2.25 bits per heavy atom. The highest BCUT2D eigenvalue weighted by Gasteiger charge is 2.24. The molecule has 0 fully saturated rings. The molecule has 0 unspecified atom stereocenters. The Morgan fingerprint density at radius 3 is 2.38 bits per heavy atom. The molecule has 1 aliphatic rings. The van der Waals surface area contributed by atoms with Gasteiger partial charge in [-0.3, -0.25) is 0 Å². The Morgan fingerprint density at radius 1 is 1.75 bits per heavy atom. The van der Waals surface area contributed by atoms with E-state index in [9.17, 15) is 8.42 Å². The van der Waals surface area contributed by atoms with Gasteiger partial charge in [0.15, 0.2) is 0 Å². The zero-order valence-electron chi connectivity index (χ0n) is 3.99. The van der Waals surface area contributed by atoms with Crippen LogP contribution in [0.4, 0.5) is 0 Å². The zero-order valence-corrected chi connectivity index (χ0v) is 4.81. The van der Waals surface area contributed by atoms with Gasteiger partial charge in [-0.1, -0.05) is 6.58 Å². The molecule has 8 heavy (non-hydrogen) atoms. The van der Waals surface area contributed by atoms with Crippen molar-refractivity contribution in [3.8, 4) is 0 Å². The summed E-state index contributed by atoms with van der Waals surface area (Å²) in [5.41, 5.74) is 0. The molecule has 0 atom stereocenters. The van der Waals surface area contributed by atoms with Gasteiger partial charge in [-0.2, -0.15) is 0 Å². The fraction of sp³-hybridized carbons (Fsp3) is 0. The van der Waals surface area contributed by atoms with Crippen molar-refractivity contribution in [2.75, 3.05) is 0 Å². The van der Waals surface area contributed by atoms with Gasteiger partial charge in [-0.15, -0.1) is 0 Å². The minimum Gasteiger partial charge on any atom is -0.445 e. The molecule has 44 valence electrons. The van der Waals surface area contributed by atoms with Crippen molar-refractivity contribution in [3.63, 3.8) is 0 Å². The molecule has 0 saturated carbocycles. The van der Waals surface area contributed by atoms with Gasteiger partial charge in [0.1, 0.15) is 6.26 Å². The summed E-state index contributed by atoms with van der Waals surface area (Å²) in [6.07, 6.45) is 1.16. The van der Waals surface area contributed by atoms with Crippen molar-refractivity contribution >= 4 is 9.84 Å². The van der Waals surface area contributed by atoms with Gasteiger partial charge in [0, 0.05) is 5.41 Å². The van der Waals surface area contributed by atoms with Gasteiger partial charge >= 0.3 is 0 Å². The van der Waals surface area contributed by atoms with Crippen molar-refractivity contribution in [2.24, 2.45) is 0 Å². The molecule has 4 heteroatoms. The first kappa shape index (κ1) is 5.37. The van der Waals surface area contributed by atoms with E-state index in [1.54, 1.807) is 0 Å². The van der Waals surface area contributed by atoms with E-state index in [0.29, 0.717) is 0 Å². The number of sulfone groups is 1. The number of hydrogen-bond acceptors (Lipinski definition) is 3. The maximum absolute atomic E-state index is 10.5. The maximum Gasteiger partial charge on any atom is 0.257 e. The van der Waals surface area contributed by atoms with Crippen LogP contribution in [0.15, 0.2) is 23.3 Å². The minimum absolute atomic E-state index is 0.00694. The second kappa shape index (κ2) is 1.35. The number of hydrogen-bond donors (Lipinski definition) is 0. The standard InChI is InChI=1S/C4H4O3S/c1-2-8(5,6)4-3-7-4/h2-3H,1H2. The molecule has 0 radical (unpaired) electrons. The van der Waals surface area contributed by atoms with Crippen LogP contribution in [0.1, 0.15) is 0 Å². The van der Waals surface area contributed by atoms with E-state index in [1.165, 1.54) is 0 Å². The van der Waals surface area contributed by atoms with E-state index in [1.807, 2.05) is 0 Å². The fourth-order valence-corrected chi connectivity index (χ4v) is 0.721. The van der Waals surface area contributed by atoms with E-state index in [2.05, 4.69) is 11.3 Å². The molecular formula is C4H4O3S. The largest absolute Gasteiger partial charge is 0.445 e. The molecule has 0 aromatic rings. The zero-order chi connectivity index (χ0) is 6.20. The normalized spacial score (nSPS) is 16.2. The molecule has 0 spiro atoms. The lowest BCUT2D eigenvalue weighted by Crippen LogP contribution is -1.88. The fourth-order valence-electron chi connectivity index (χ4n) is 0.240. The molecule has 0 amide bonds. The number of rotatable bonds is 2. The lowest BCUT2D eigenvalue weighted by Gasteiger charge is -1.80. The minimum atomic E-state index is -3.22. The topological polar surface area (TPSA) is 46.7 Å². The summed E-state index contributed by atoms with van der Waals surface area (Å²) in [5, 5.41) is 0.860. The Balaban J connectivity index is 2.97. The summed E-state index contributed by atoms with van der Waals surface area (Å²) in [5.74, 6) is 0. The SMILES string of the molecule is C=CS(=O)(=O)C1=CO1. The molecule has 0 bridgehead atoms. The lowest BCUT2D eigenvalue weighted by molar-refractivity contribution is 0.514. The van der Waals surface area contributed by atoms with Crippen molar-refractivity contribution in [1.29, 1.82) is 0 Å². The quantitative estimate of drug-likeness (QED) is 0.545. The average molecular weight is 132 g/mol. The van der Waals surface area contributed by atoms with E-state index in [-0.39, 0.29) is 5.09 Å². The molecular weight excluding hydrogens is 128 g/mol. The van der Waals surface area contributed by atoms with Crippen LogP contribution in [0.25, 0.3) is 0 Å². The molecule has 1 rings (SSSR count). The highest BCUT2D eigenvalue weighted by atomic mass is 32.2. The molecule has 1 heterocycles. The monoisotopic (exact) mass is 132 g/mol. The summed E-state index contributed by atoms with van der Waals surface area (Å²) in [7, 11) is -3.22. The van der Waals surface area contributed by atoms with Gasteiger partial charge in [-0.25, -0.2) is 8.42 Å². The van der Waals surface area contributed by atoms with Crippen molar-refractivity contribution < 1.29 is 13.2 Å². The summed E-state index contributed by atoms with van der Waals surface area (Å²) in [6.45, 7) is 3.08. The first-order chi connectivity index (χ1) is 3.67. The summed E-state index contributed by atoms with van der Waals surface area (Å²) in [4.78, 5) is 0. The van der Waals surface area contributed by atoms with Crippen LogP contribution < -0.4 is 0 Å². The van der Waals surface area contributed by atoms with Crippen molar-refractivity contribution in [1.82, 2.24) is 0 Å². The Bertz CT molecular complexity index is 234. The highest BCUT2D eigenvalue weighted by molar-refractivity contribution is 7.98. The second-order valence-electron chi connectivity index (χ2n) is 1.27. The van der Waals surface area contributed by atoms with Crippen LogP contribution in [0.3, 0.4) is 0 Å². The Kier molecular flexibility index (Phi) is 0.907. The Hall–Kier alpha value is -0.770. The van der Waals surface area contributed by atoms with Crippen LogP contribution >= 0.6 is 0 Å². The van der Waals surface area contributed by atoms with E-state index >= 15 is 0 Å². The molecule has 0 aliphatic carbocycles. The van der Waals surface area contributed by atoms with E-state index in [4.69, 9.17) is 0 Å². The Labute approximate surface area is 47.2 Å². The third kappa shape index (κ3) is 0.742. The predicted molar refractivity (Wildman–Crippen MR) is 28.3 cm³/mol. The first-order valence-electron chi connectivity index (χ1n) is 1.91. The van der Waals surface area contributed by atoms with Crippen LogP contribution in [-0.4, -0.2) is 8.42 Å². The van der Waals surface area contributed by atoms with Crippen LogP contribution in [0.2, 0.25) is 0 Å². The lowest BCUT2D eigenvalue weighted by atomic mass is 11.3. The third-order valence-electron chi connectivity index (χ3n) is 0.714. The van der Waals surface area contributed by atoms with Crippen molar-refractivity contribution in [3.05, 3.63) is 23.3 Å². The van der Waals surface area contributed by atoms with Crippen LogP contribution in [0.5, 0.6) is 0 Å². The molecule has 0 saturated heterocycles. The van der Waals surface area contributed by atoms with Crippen LogP contribution in [0, 0.1) is 0 Å². The van der Waals surface area contributed by atoms with Gasteiger partial charge in [0.25, 0.3) is 5.09 Å². The molecule has 0 aromatic heterocycles. The molecule has 0 N–H and O–H groups in total. The summed E-state index contributed by atoms with van der Waals surface area (Å²) >= 11 is 0. The molecule has 1 aliphatic heterocycles. The average Bonchev–Trinajstić information content (AvgIpc) is 2.44. The predicted octanol–water partition coefficient (Wildman–Crippen LogP) is 0.374. The first-order valence-corrected chi connectivity index (χ1v) is 3.46. The smallest absolute Gasteiger partial charge is 0.257 e. The highest BCUT2D eigenvalue weighted by Crippen LogP contribution is 2.21. The van der Waals surface area contributed by atoms with E-state index in [0.717, 1.165) is 11.7 Å². The molecule has 0 aromatic carbocycles. The third-order valence-corrected chi connectivity index (χ3v) is 1.91. The molecule has 3 nitrogen and oxygen atoms in total. The van der Waals surface area contributed by atoms with Crippen molar-refractivity contribution in [2.45, 2.75) is 0 Å². The second-order valence-corrected chi connectivity index (χ2v) is 3.09. The maximum atomic E-state index is 10.5. The van der Waals surface area contributed by atoms with Gasteiger partial charge < -0.3 is 4.74 Å². The summed E-state index contributed by atoms with van der Waals surface area (Å²) < 4.78 is 25.2. The van der Waals surface area contributed by atoms with Gasteiger partial charge in [0.05, 0.1) is 0 Å². The van der Waals surface area contributed by atoms with E-state index < -0.39 is 9.84 Å². The van der Waals surface area contributed by atoms with Gasteiger partial charge in [-0.05, 0) is 0 Å². The number of ether oxygens (including phenoxy) is 1. The van der Waals surface area contributed by atoms with Crippen LogP contribution in [-0.2, 0) is 14.6 Å².